The van der Waals surface area contributed by atoms with Crippen LogP contribution >= 0.6 is 0 Å². The Balaban J connectivity index is 1.53. The van der Waals surface area contributed by atoms with Crippen LogP contribution in [-0.4, -0.2) is 6.10 Å². The minimum absolute atomic E-state index is 0.0182. The maximum absolute atomic E-state index is 14.6. The standard InChI is InChI=1S/C26H33F3O/c1-3-5-7-20-12-15-23(26(29)25(20)28)19-10-13-22(14-11-19)30-17-21-9-8-18(6-4-2)16-24(21)27/h8-9,12,15-16,19,22H,3-7,10-11,13-14,17H2,1-2H3. The summed E-state index contributed by atoms with van der Waals surface area (Å²) in [5, 5.41) is 0. The summed E-state index contributed by atoms with van der Waals surface area (Å²) >= 11 is 0. The fourth-order valence-electron chi connectivity index (χ4n) is 4.38. The first kappa shape index (κ1) is 22.9. The van der Waals surface area contributed by atoms with E-state index >= 15 is 0 Å². The van der Waals surface area contributed by atoms with Crippen molar-refractivity contribution in [3.05, 3.63) is 70.0 Å². The largest absolute Gasteiger partial charge is 0.373 e. The van der Waals surface area contributed by atoms with E-state index in [4.69, 9.17) is 4.74 Å². The van der Waals surface area contributed by atoms with Gasteiger partial charge in [0.2, 0.25) is 0 Å². The van der Waals surface area contributed by atoms with Crippen LogP contribution in [0.5, 0.6) is 0 Å². The van der Waals surface area contributed by atoms with E-state index in [0.717, 1.165) is 56.9 Å². The van der Waals surface area contributed by atoms with Gasteiger partial charge in [-0.25, -0.2) is 13.2 Å². The number of halogens is 3. The average Bonchev–Trinajstić information content (AvgIpc) is 2.75. The Bertz CT molecular complexity index is 825. The molecule has 1 nitrogen and oxygen atoms in total. The lowest BCUT2D eigenvalue weighted by molar-refractivity contribution is 0.0118. The highest BCUT2D eigenvalue weighted by atomic mass is 19.2. The Hall–Kier alpha value is -1.81. The minimum Gasteiger partial charge on any atom is -0.373 e. The van der Waals surface area contributed by atoms with Crippen molar-refractivity contribution in [3.8, 4) is 0 Å². The Labute approximate surface area is 178 Å². The molecule has 0 atom stereocenters. The molecule has 0 aromatic heterocycles. The van der Waals surface area contributed by atoms with Crippen LogP contribution in [0.4, 0.5) is 13.2 Å². The molecular formula is C26H33F3O. The van der Waals surface area contributed by atoms with Crippen molar-refractivity contribution in [1.82, 2.24) is 0 Å². The summed E-state index contributed by atoms with van der Waals surface area (Å²) in [6.07, 6.45) is 7.37. The molecule has 0 unspecified atom stereocenters. The number of unbranched alkanes of at least 4 members (excludes halogenated alkanes) is 1. The van der Waals surface area contributed by atoms with Gasteiger partial charge in [-0.15, -0.1) is 0 Å². The summed E-state index contributed by atoms with van der Waals surface area (Å²) < 4.78 is 49.2. The second-order valence-electron chi connectivity index (χ2n) is 8.51. The molecule has 0 N–H and O–H groups in total. The lowest BCUT2D eigenvalue weighted by Crippen LogP contribution is -2.21. The molecule has 1 saturated carbocycles. The Morgan fingerprint density at radius 3 is 2.23 bits per heavy atom. The first-order valence-electron chi connectivity index (χ1n) is 11.4. The van der Waals surface area contributed by atoms with Gasteiger partial charge >= 0.3 is 0 Å². The monoisotopic (exact) mass is 418 g/mol. The van der Waals surface area contributed by atoms with Crippen LogP contribution in [0.2, 0.25) is 0 Å². The number of hydrogen-bond acceptors (Lipinski definition) is 1. The quantitative estimate of drug-likeness (QED) is 0.406. The molecule has 1 fully saturated rings. The number of ether oxygens (including phenoxy) is 1. The van der Waals surface area contributed by atoms with Gasteiger partial charge in [-0.1, -0.05) is 51.0 Å². The highest BCUT2D eigenvalue weighted by Gasteiger charge is 2.26. The summed E-state index contributed by atoms with van der Waals surface area (Å²) in [6.45, 7) is 4.37. The molecule has 164 valence electrons. The van der Waals surface area contributed by atoms with Gasteiger partial charge in [0, 0.05) is 5.56 Å². The van der Waals surface area contributed by atoms with Crippen molar-refractivity contribution in [2.75, 3.05) is 0 Å². The first-order valence-corrected chi connectivity index (χ1v) is 11.4. The van der Waals surface area contributed by atoms with E-state index in [1.807, 2.05) is 19.1 Å². The van der Waals surface area contributed by atoms with Crippen LogP contribution in [0, 0.1) is 17.5 Å². The second kappa shape index (κ2) is 11.0. The van der Waals surface area contributed by atoms with E-state index in [0.29, 0.717) is 23.1 Å². The van der Waals surface area contributed by atoms with Crippen LogP contribution in [0.25, 0.3) is 0 Å². The lowest BCUT2D eigenvalue weighted by Gasteiger charge is -2.29. The molecule has 0 aliphatic heterocycles. The molecule has 0 heterocycles. The smallest absolute Gasteiger partial charge is 0.162 e. The zero-order chi connectivity index (χ0) is 21.5. The van der Waals surface area contributed by atoms with Gasteiger partial charge in [0.15, 0.2) is 11.6 Å². The molecule has 0 radical (unpaired) electrons. The van der Waals surface area contributed by atoms with E-state index in [1.54, 1.807) is 18.2 Å². The predicted octanol–water partition coefficient (Wildman–Crippen LogP) is 7.64. The van der Waals surface area contributed by atoms with Crippen LogP contribution < -0.4 is 0 Å². The maximum atomic E-state index is 14.6. The molecule has 0 spiro atoms. The zero-order valence-corrected chi connectivity index (χ0v) is 18.2. The lowest BCUT2D eigenvalue weighted by atomic mass is 9.82. The number of aryl methyl sites for hydroxylation is 2. The molecule has 4 heteroatoms. The molecule has 3 rings (SSSR count). The predicted molar refractivity (Wildman–Crippen MR) is 115 cm³/mol. The third-order valence-electron chi connectivity index (χ3n) is 6.24. The van der Waals surface area contributed by atoms with E-state index in [2.05, 4.69) is 6.92 Å². The molecule has 0 amide bonds. The first-order chi connectivity index (χ1) is 14.5. The molecule has 0 saturated heterocycles. The Morgan fingerprint density at radius 2 is 1.57 bits per heavy atom. The molecular weight excluding hydrogens is 385 g/mol. The van der Waals surface area contributed by atoms with Crippen LogP contribution in [0.1, 0.15) is 87.0 Å². The highest BCUT2D eigenvalue weighted by Crippen LogP contribution is 2.36. The van der Waals surface area contributed by atoms with Gasteiger partial charge in [0.1, 0.15) is 5.82 Å². The van der Waals surface area contributed by atoms with Gasteiger partial charge in [0.25, 0.3) is 0 Å². The fraction of sp³-hybridized carbons (Fsp3) is 0.538. The van der Waals surface area contributed by atoms with E-state index < -0.39 is 11.6 Å². The van der Waals surface area contributed by atoms with Gasteiger partial charge in [-0.3, -0.25) is 0 Å². The summed E-state index contributed by atoms with van der Waals surface area (Å²) in [5.41, 5.74) is 2.55. The van der Waals surface area contributed by atoms with Crippen molar-refractivity contribution in [2.45, 2.75) is 90.3 Å². The second-order valence-corrected chi connectivity index (χ2v) is 8.51. The SMILES string of the molecule is CCCCc1ccc(C2CCC(OCc3ccc(CCC)cc3F)CC2)c(F)c1F. The summed E-state index contributed by atoms with van der Waals surface area (Å²) in [4.78, 5) is 0. The Morgan fingerprint density at radius 1 is 0.833 bits per heavy atom. The van der Waals surface area contributed by atoms with Crippen molar-refractivity contribution in [2.24, 2.45) is 0 Å². The van der Waals surface area contributed by atoms with E-state index in [-0.39, 0.29) is 24.4 Å². The van der Waals surface area contributed by atoms with Crippen molar-refractivity contribution in [1.29, 1.82) is 0 Å². The van der Waals surface area contributed by atoms with Gasteiger partial charge in [0.05, 0.1) is 12.7 Å². The molecule has 1 aliphatic carbocycles. The summed E-state index contributed by atoms with van der Waals surface area (Å²) in [6, 6.07) is 8.88. The molecule has 2 aromatic rings. The average molecular weight is 419 g/mol. The number of hydrogen-bond donors (Lipinski definition) is 0. The van der Waals surface area contributed by atoms with Crippen LogP contribution in [0.15, 0.2) is 30.3 Å². The van der Waals surface area contributed by atoms with Crippen molar-refractivity contribution < 1.29 is 17.9 Å². The zero-order valence-electron chi connectivity index (χ0n) is 18.2. The third-order valence-corrected chi connectivity index (χ3v) is 6.24. The Kier molecular flexibility index (Phi) is 8.38. The minimum atomic E-state index is -0.679. The summed E-state index contributed by atoms with van der Waals surface area (Å²) in [5.74, 6) is -1.55. The molecule has 0 bridgehead atoms. The van der Waals surface area contributed by atoms with Gasteiger partial charge in [-0.2, -0.15) is 0 Å². The highest BCUT2D eigenvalue weighted by molar-refractivity contribution is 5.29. The van der Waals surface area contributed by atoms with Crippen molar-refractivity contribution in [3.63, 3.8) is 0 Å². The molecule has 1 aliphatic rings. The number of benzene rings is 2. The van der Waals surface area contributed by atoms with E-state index in [9.17, 15) is 13.2 Å². The van der Waals surface area contributed by atoms with Gasteiger partial charge < -0.3 is 4.74 Å². The van der Waals surface area contributed by atoms with Crippen LogP contribution in [0.3, 0.4) is 0 Å². The maximum Gasteiger partial charge on any atom is 0.162 e. The van der Waals surface area contributed by atoms with Crippen molar-refractivity contribution >= 4 is 0 Å². The number of rotatable bonds is 9. The van der Waals surface area contributed by atoms with Crippen LogP contribution in [-0.2, 0) is 24.2 Å². The fourth-order valence-corrected chi connectivity index (χ4v) is 4.38. The molecule has 30 heavy (non-hydrogen) atoms. The molecule has 2 aromatic carbocycles. The van der Waals surface area contributed by atoms with E-state index in [1.165, 1.54) is 0 Å². The normalized spacial score (nSPS) is 19.2. The third kappa shape index (κ3) is 5.66. The summed E-state index contributed by atoms with van der Waals surface area (Å²) in [7, 11) is 0. The van der Waals surface area contributed by atoms with Gasteiger partial charge in [-0.05, 0) is 73.6 Å². The topological polar surface area (TPSA) is 9.23 Å².